The predicted molar refractivity (Wildman–Crippen MR) is 58.1 cm³/mol. The lowest BCUT2D eigenvalue weighted by Gasteiger charge is -1.97. The maximum absolute atomic E-state index is 9.22. The van der Waals surface area contributed by atoms with Gasteiger partial charge in [-0.25, -0.2) is 0 Å². The fourth-order valence-corrected chi connectivity index (χ4v) is 1.15. The molecule has 0 saturated heterocycles. The first-order valence-corrected chi connectivity index (χ1v) is 5.20. The molecule has 0 bridgehead atoms. The van der Waals surface area contributed by atoms with Crippen LogP contribution in [0.5, 0.6) is 5.75 Å². The molecule has 0 amide bonds. The zero-order valence-corrected chi connectivity index (χ0v) is 9.06. The number of hydrogen-bond donors (Lipinski definition) is 1. The second-order valence-electron chi connectivity index (χ2n) is 2.74. The highest BCUT2D eigenvalue weighted by Crippen LogP contribution is 2.14. The van der Waals surface area contributed by atoms with Crippen molar-refractivity contribution in [1.29, 1.82) is 0 Å². The van der Waals surface area contributed by atoms with Crippen molar-refractivity contribution in [2.45, 2.75) is 13.3 Å². The van der Waals surface area contributed by atoms with Crippen molar-refractivity contribution >= 4 is 15.9 Å². The molecule has 0 atom stereocenters. The quantitative estimate of drug-likeness (QED) is 0.590. The number of alkyl halides is 1. The van der Waals surface area contributed by atoms with Gasteiger partial charge >= 0.3 is 0 Å². The monoisotopic (exact) mass is 238 g/mol. The highest BCUT2D eigenvalue weighted by Gasteiger charge is 1.94. The molecule has 0 aromatic heterocycles. The molecule has 2 heteroatoms. The highest BCUT2D eigenvalue weighted by molar-refractivity contribution is 9.09. The number of aromatic hydroxyl groups is 1. The van der Waals surface area contributed by atoms with Gasteiger partial charge in [-0.05, 0) is 24.6 Å². The van der Waals surface area contributed by atoms with Crippen LogP contribution in [0.3, 0.4) is 0 Å². The molecule has 0 heterocycles. The Morgan fingerprint density at radius 2 is 2.23 bits per heavy atom. The summed E-state index contributed by atoms with van der Waals surface area (Å²) in [5.41, 5.74) is 2.00. The van der Waals surface area contributed by atoms with E-state index in [1.807, 2.05) is 13.0 Å². The van der Waals surface area contributed by atoms with E-state index in [1.165, 1.54) is 0 Å². The number of rotatable bonds is 1. The Kier molecular flexibility index (Phi) is 3.85. The van der Waals surface area contributed by atoms with Crippen molar-refractivity contribution in [3.63, 3.8) is 0 Å². The molecule has 0 aliphatic rings. The molecular weight excluding hydrogens is 228 g/mol. The number of hydrogen-bond acceptors (Lipinski definition) is 1. The lowest BCUT2D eigenvalue weighted by atomic mass is 10.1. The summed E-state index contributed by atoms with van der Waals surface area (Å²) in [4.78, 5) is 0. The van der Waals surface area contributed by atoms with E-state index < -0.39 is 0 Å². The lowest BCUT2D eigenvalue weighted by Crippen LogP contribution is -1.81. The average Bonchev–Trinajstić information content (AvgIpc) is 2.11. The number of phenols is 1. The molecule has 0 saturated carbocycles. The highest BCUT2D eigenvalue weighted by atomic mass is 79.9. The molecular formula is C11H11BrO. The summed E-state index contributed by atoms with van der Waals surface area (Å²) in [6, 6.07) is 5.23. The van der Waals surface area contributed by atoms with Crippen LogP contribution in [0, 0.1) is 18.8 Å². The summed E-state index contributed by atoms with van der Waals surface area (Å²) in [5, 5.41) is 10.1. The maximum Gasteiger partial charge on any atom is 0.116 e. The fraction of sp³-hybridized carbons (Fsp3) is 0.273. The van der Waals surface area contributed by atoms with Gasteiger partial charge in [-0.1, -0.05) is 33.8 Å². The van der Waals surface area contributed by atoms with E-state index in [1.54, 1.807) is 12.1 Å². The minimum atomic E-state index is 0.272. The normalized spacial score (nSPS) is 9.08. The van der Waals surface area contributed by atoms with E-state index in [4.69, 9.17) is 0 Å². The van der Waals surface area contributed by atoms with Gasteiger partial charge in [0.15, 0.2) is 0 Å². The van der Waals surface area contributed by atoms with Crippen LogP contribution < -0.4 is 0 Å². The first-order chi connectivity index (χ1) is 6.24. The second kappa shape index (κ2) is 4.94. The van der Waals surface area contributed by atoms with Crippen LogP contribution in [0.4, 0.5) is 0 Å². The summed E-state index contributed by atoms with van der Waals surface area (Å²) >= 11 is 3.30. The molecule has 0 spiro atoms. The van der Waals surface area contributed by atoms with E-state index in [0.717, 1.165) is 22.9 Å². The summed E-state index contributed by atoms with van der Waals surface area (Å²) in [5.74, 6) is 6.30. The number of benzene rings is 1. The molecule has 0 fully saturated rings. The summed E-state index contributed by atoms with van der Waals surface area (Å²) < 4.78 is 0. The fourth-order valence-electron chi connectivity index (χ4n) is 0.950. The van der Waals surface area contributed by atoms with Gasteiger partial charge in [-0.2, -0.15) is 0 Å². The van der Waals surface area contributed by atoms with E-state index in [0.29, 0.717) is 0 Å². The van der Waals surface area contributed by atoms with Crippen LogP contribution in [0.2, 0.25) is 0 Å². The van der Waals surface area contributed by atoms with E-state index in [2.05, 4.69) is 27.8 Å². The Morgan fingerprint density at radius 3 is 2.92 bits per heavy atom. The molecule has 1 nitrogen and oxygen atoms in total. The summed E-state index contributed by atoms with van der Waals surface area (Å²) in [7, 11) is 0. The van der Waals surface area contributed by atoms with Gasteiger partial charge in [-0.3, -0.25) is 0 Å². The van der Waals surface area contributed by atoms with Crippen molar-refractivity contribution < 1.29 is 5.11 Å². The van der Waals surface area contributed by atoms with Crippen LogP contribution in [-0.2, 0) is 0 Å². The first-order valence-electron chi connectivity index (χ1n) is 4.08. The van der Waals surface area contributed by atoms with Gasteiger partial charge in [0.1, 0.15) is 5.75 Å². The van der Waals surface area contributed by atoms with Crippen molar-refractivity contribution in [2.24, 2.45) is 0 Å². The minimum Gasteiger partial charge on any atom is -0.508 e. The van der Waals surface area contributed by atoms with Crippen LogP contribution in [-0.4, -0.2) is 10.4 Å². The van der Waals surface area contributed by atoms with Crippen molar-refractivity contribution in [1.82, 2.24) is 0 Å². The first kappa shape index (κ1) is 10.1. The smallest absolute Gasteiger partial charge is 0.116 e. The predicted octanol–water partition coefficient (Wildman–Crippen LogP) is 2.84. The lowest BCUT2D eigenvalue weighted by molar-refractivity contribution is 0.475. The molecule has 0 aliphatic carbocycles. The molecule has 13 heavy (non-hydrogen) atoms. The Bertz CT molecular complexity index is 347. The Hall–Kier alpha value is -0.940. The third kappa shape index (κ3) is 3.12. The van der Waals surface area contributed by atoms with Crippen LogP contribution in [0.15, 0.2) is 18.2 Å². The van der Waals surface area contributed by atoms with Crippen molar-refractivity contribution in [2.75, 3.05) is 5.33 Å². The van der Waals surface area contributed by atoms with Gasteiger partial charge in [0, 0.05) is 17.3 Å². The van der Waals surface area contributed by atoms with Crippen LogP contribution >= 0.6 is 15.9 Å². The molecule has 0 unspecified atom stereocenters. The number of aryl methyl sites for hydroxylation is 1. The Labute approximate surface area is 86.9 Å². The minimum absolute atomic E-state index is 0.272. The molecule has 68 valence electrons. The summed E-state index contributed by atoms with van der Waals surface area (Å²) in [6.45, 7) is 1.98. The molecule has 0 radical (unpaired) electrons. The molecule has 1 N–H and O–H groups in total. The second-order valence-corrected chi connectivity index (χ2v) is 3.53. The Balaban J connectivity index is 2.89. The van der Waals surface area contributed by atoms with E-state index in [-0.39, 0.29) is 5.75 Å². The van der Waals surface area contributed by atoms with Crippen LogP contribution in [0.1, 0.15) is 17.5 Å². The maximum atomic E-state index is 9.22. The van der Waals surface area contributed by atoms with Gasteiger partial charge in [-0.15, -0.1) is 0 Å². The summed E-state index contributed by atoms with van der Waals surface area (Å²) in [6.07, 6.45) is 0.828. The zero-order valence-electron chi connectivity index (χ0n) is 7.47. The van der Waals surface area contributed by atoms with Crippen LogP contribution in [0.25, 0.3) is 0 Å². The third-order valence-electron chi connectivity index (χ3n) is 1.66. The molecule has 1 aromatic carbocycles. The average molecular weight is 239 g/mol. The van der Waals surface area contributed by atoms with E-state index >= 15 is 0 Å². The van der Waals surface area contributed by atoms with Crippen molar-refractivity contribution in [3.8, 4) is 17.6 Å². The molecule has 0 aliphatic heterocycles. The van der Waals surface area contributed by atoms with Gasteiger partial charge in [0.25, 0.3) is 0 Å². The molecule has 1 aromatic rings. The van der Waals surface area contributed by atoms with Crippen molar-refractivity contribution in [3.05, 3.63) is 29.3 Å². The van der Waals surface area contributed by atoms with E-state index in [9.17, 15) is 5.11 Å². The van der Waals surface area contributed by atoms with Gasteiger partial charge in [0.2, 0.25) is 0 Å². The topological polar surface area (TPSA) is 20.2 Å². The SMILES string of the molecule is Cc1ccc(O)cc1C#CCCBr. The number of phenolic OH excluding ortho intramolecular Hbond substituents is 1. The third-order valence-corrected chi connectivity index (χ3v) is 2.06. The number of halogens is 1. The molecule has 1 rings (SSSR count). The Morgan fingerprint density at radius 1 is 1.46 bits per heavy atom. The largest absolute Gasteiger partial charge is 0.508 e. The zero-order chi connectivity index (χ0) is 9.68. The standard InChI is InChI=1S/C11H11BrO/c1-9-5-6-11(13)8-10(9)4-2-3-7-12/h5-6,8,13H,3,7H2,1H3. The van der Waals surface area contributed by atoms with Gasteiger partial charge < -0.3 is 5.11 Å². The van der Waals surface area contributed by atoms with Gasteiger partial charge in [0.05, 0.1) is 0 Å².